The number of aldehydes is 1. The number of ether oxygens (including phenoxy) is 3. The molecule has 4 heteroatoms. The van der Waals surface area contributed by atoms with Crippen molar-refractivity contribution in [1.82, 2.24) is 0 Å². The lowest BCUT2D eigenvalue weighted by molar-refractivity contribution is 0.0522. The molecule has 0 saturated carbocycles. The normalized spacial score (nSPS) is 10.3. The van der Waals surface area contributed by atoms with Crippen LogP contribution in [0.1, 0.15) is 10.4 Å². The quantitative estimate of drug-likeness (QED) is 0.601. The average Bonchev–Trinajstić information content (AvgIpc) is 2.43. The second kappa shape index (κ2) is 5.51. The molecule has 0 radical (unpaired) electrons. The molecule has 2 rings (SSSR count). The van der Waals surface area contributed by atoms with Crippen LogP contribution in [0.3, 0.4) is 0 Å². The van der Waals surface area contributed by atoms with Crippen molar-refractivity contribution in [3.05, 3.63) is 35.9 Å². The first-order valence-electron chi connectivity index (χ1n) is 5.48. The van der Waals surface area contributed by atoms with Crippen LogP contribution in [0.15, 0.2) is 30.3 Å². The molecular weight excluding hydrogens is 232 g/mol. The number of benzene rings is 2. The molecule has 0 N–H and O–H groups in total. The Labute approximate surface area is 105 Å². The standard InChI is InChI=1S/C14H14O4/c1-16-9-18-13-5-3-4-11-12(17-2)7-6-10(8-15)14(11)13/h3-8H,9H2,1-2H3. The van der Waals surface area contributed by atoms with E-state index in [2.05, 4.69) is 0 Å². The zero-order valence-corrected chi connectivity index (χ0v) is 10.3. The SMILES string of the molecule is COCOc1cccc2c(OC)ccc(C=O)c12. The van der Waals surface area contributed by atoms with Crippen molar-refractivity contribution in [3.63, 3.8) is 0 Å². The summed E-state index contributed by atoms with van der Waals surface area (Å²) in [5.41, 5.74) is 0.567. The van der Waals surface area contributed by atoms with Gasteiger partial charge >= 0.3 is 0 Å². The highest BCUT2D eigenvalue weighted by Gasteiger charge is 2.11. The van der Waals surface area contributed by atoms with E-state index >= 15 is 0 Å². The van der Waals surface area contributed by atoms with Gasteiger partial charge in [-0.2, -0.15) is 0 Å². The molecule has 0 aromatic heterocycles. The molecular formula is C14H14O4. The lowest BCUT2D eigenvalue weighted by Gasteiger charge is -2.12. The first-order chi connectivity index (χ1) is 8.81. The highest BCUT2D eigenvalue weighted by atomic mass is 16.7. The van der Waals surface area contributed by atoms with E-state index in [1.807, 2.05) is 12.1 Å². The van der Waals surface area contributed by atoms with Gasteiger partial charge in [0.25, 0.3) is 0 Å². The molecule has 0 aliphatic rings. The van der Waals surface area contributed by atoms with Gasteiger partial charge in [0.2, 0.25) is 0 Å². The van der Waals surface area contributed by atoms with Crippen LogP contribution in [-0.2, 0) is 4.74 Å². The van der Waals surface area contributed by atoms with Crippen molar-refractivity contribution in [3.8, 4) is 11.5 Å². The fraction of sp³-hybridized carbons (Fsp3) is 0.214. The number of hydrogen-bond donors (Lipinski definition) is 0. The molecule has 0 amide bonds. The molecule has 18 heavy (non-hydrogen) atoms. The Kier molecular flexibility index (Phi) is 3.79. The minimum Gasteiger partial charge on any atom is -0.496 e. The fourth-order valence-corrected chi connectivity index (χ4v) is 1.89. The molecule has 0 heterocycles. The minimum atomic E-state index is 0.134. The Bertz CT molecular complexity index is 563. The van der Waals surface area contributed by atoms with Gasteiger partial charge in [-0.05, 0) is 18.2 Å². The van der Waals surface area contributed by atoms with Crippen LogP contribution in [0, 0.1) is 0 Å². The van der Waals surface area contributed by atoms with Crippen molar-refractivity contribution in [2.45, 2.75) is 0 Å². The van der Waals surface area contributed by atoms with Gasteiger partial charge in [-0.3, -0.25) is 4.79 Å². The van der Waals surface area contributed by atoms with E-state index in [0.717, 1.165) is 17.1 Å². The number of fused-ring (bicyclic) bond motifs is 1. The van der Waals surface area contributed by atoms with Crippen LogP contribution in [0.5, 0.6) is 11.5 Å². The first-order valence-corrected chi connectivity index (χ1v) is 5.48. The Morgan fingerprint density at radius 3 is 2.61 bits per heavy atom. The summed E-state index contributed by atoms with van der Waals surface area (Å²) < 4.78 is 15.6. The molecule has 0 saturated heterocycles. The van der Waals surface area contributed by atoms with Gasteiger partial charge in [0, 0.05) is 23.4 Å². The molecule has 2 aromatic rings. The smallest absolute Gasteiger partial charge is 0.188 e. The number of carbonyl (C=O) groups is 1. The second-order valence-corrected chi connectivity index (χ2v) is 3.70. The first kappa shape index (κ1) is 12.4. The van der Waals surface area contributed by atoms with Gasteiger partial charge in [0.15, 0.2) is 13.1 Å². The van der Waals surface area contributed by atoms with Crippen LogP contribution >= 0.6 is 0 Å². The van der Waals surface area contributed by atoms with Crippen LogP contribution in [0.2, 0.25) is 0 Å². The van der Waals surface area contributed by atoms with Gasteiger partial charge in [0.1, 0.15) is 11.5 Å². The summed E-state index contributed by atoms with van der Waals surface area (Å²) in [4.78, 5) is 11.1. The van der Waals surface area contributed by atoms with Gasteiger partial charge in [-0.15, -0.1) is 0 Å². The maximum absolute atomic E-state index is 11.1. The van der Waals surface area contributed by atoms with E-state index in [1.54, 1.807) is 32.4 Å². The third-order valence-corrected chi connectivity index (χ3v) is 2.67. The number of hydrogen-bond acceptors (Lipinski definition) is 4. The number of rotatable bonds is 5. The van der Waals surface area contributed by atoms with E-state index in [9.17, 15) is 4.79 Å². The zero-order chi connectivity index (χ0) is 13.0. The topological polar surface area (TPSA) is 44.8 Å². The molecule has 94 valence electrons. The minimum absolute atomic E-state index is 0.134. The maximum atomic E-state index is 11.1. The summed E-state index contributed by atoms with van der Waals surface area (Å²) in [5.74, 6) is 1.31. The zero-order valence-electron chi connectivity index (χ0n) is 10.3. The highest BCUT2D eigenvalue weighted by Crippen LogP contribution is 2.34. The summed E-state index contributed by atoms with van der Waals surface area (Å²) in [6, 6.07) is 9.03. The molecule has 0 aliphatic heterocycles. The van der Waals surface area contributed by atoms with E-state index in [1.165, 1.54) is 0 Å². The maximum Gasteiger partial charge on any atom is 0.188 e. The number of methoxy groups -OCH3 is 2. The third kappa shape index (κ3) is 2.15. The van der Waals surface area contributed by atoms with Crippen molar-refractivity contribution in [1.29, 1.82) is 0 Å². The molecule has 0 spiro atoms. The van der Waals surface area contributed by atoms with Gasteiger partial charge in [0.05, 0.1) is 7.11 Å². The van der Waals surface area contributed by atoms with Crippen molar-refractivity contribution in [2.75, 3.05) is 21.0 Å². The van der Waals surface area contributed by atoms with Crippen molar-refractivity contribution < 1.29 is 19.0 Å². The lowest BCUT2D eigenvalue weighted by Crippen LogP contribution is -2.00. The molecule has 0 bridgehead atoms. The second-order valence-electron chi connectivity index (χ2n) is 3.70. The Morgan fingerprint density at radius 1 is 1.11 bits per heavy atom. The van der Waals surface area contributed by atoms with E-state index in [-0.39, 0.29) is 6.79 Å². The Hall–Kier alpha value is -2.07. The summed E-state index contributed by atoms with van der Waals surface area (Å²) in [5, 5.41) is 1.58. The molecule has 4 nitrogen and oxygen atoms in total. The van der Waals surface area contributed by atoms with Gasteiger partial charge in [-0.25, -0.2) is 0 Å². The van der Waals surface area contributed by atoms with Crippen LogP contribution in [-0.4, -0.2) is 27.3 Å². The molecule has 0 atom stereocenters. The van der Waals surface area contributed by atoms with E-state index < -0.39 is 0 Å². The van der Waals surface area contributed by atoms with Crippen LogP contribution < -0.4 is 9.47 Å². The molecule has 0 unspecified atom stereocenters. The molecule has 2 aromatic carbocycles. The fourth-order valence-electron chi connectivity index (χ4n) is 1.89. The molecule has 0 aliphatic carbocycles. The van der Waals surface area contributed by atoms with E-state index in [4.69, 9.17) is 14.2 Å². The monoisotopic (exact) mass is 246 g/mol. The van der Waals surface area contributed by atoms with Crippen LogP contribution in [0.4, 0.5) is 0 Å². The third-order valence-electron chi connectivity index (χ3n) is 2.67. The average molecular weight is 246 g/mol. The summed E-state index contributed by atoms with van der Waals surface area (Å²) >= 11 is 0. The van der Waals surface area contributed by atoms with Gasteiger partial charge < -0.3 is 14.2 Å². The van der Waals surface area contributed by atoms with Crippen LogP contribution in [0.25, 0.3) is 10.8 Å². The summed E-state index contributed by atoms with van der Waals surface area (Å²) in [7, 11) is 3.14. The number of carbonyl (C=O) groups excluding carboxylic acids is 1. The predicted molar refractivity (Wildman–Crippen MR) is 68.4 cm³/mol. The largest absolute Gasteiger partial charge is 0.496 e. The Morgan fingerprint density at radius 2 is 1.94 bits per heavy atom. The van der Waals surface area contributed by atoms with Gasteiger partial charge in [-0.1, -0.05) is 12.1 Å². The lowest BCUT2D eigenvalue weighted by atomic mass is 10.0. The van der Waals surface area contributed by atoms with E-state index in [0.29, 0.717) is 17.1 Å². The van der Waals surface area contributed by atoms with Crippen molar-refractivity contribution >= 4 is 17.1 Å². The predicted octanol–water partition coefficient (Wildman–Crippen LogP) is 2.64. The summed E-state index contributed by atoms with van der Waals surface area (Å²) in [6.45, 7) is 0.134. The highest BCUT2D eigenvalue weighted by molar-refractivity contribution is 6.04. The summed E-state index contributed by atoms with van der Waals surface area (Å²) in [6.07, 6.45) is 0.807. The van der Waals surface area contributed by atoms with Crippen molar-refractivity contribution in [2.24, 2.45) is 0 Å². The Balaban J connectivity index is 2.67. The molecule has 0 fully saturated rings.